The van der Waals surface area contributed by atoms with E-state index in [1.807, 2.05) is 24.7 Å². The lowest BCUT2D eigenvalue weighted by atomic mass is 9.93. The lowest BCUT2D eigenvalue weighted by molar-refractivity contribution is -0.127. The molecular weight excluding hydrogens is 368 g/mol. The van der Waals surface area contributed by atoms with Gasteiger partial charge in [-0.1, -0.05) is 60.6 Å². The molecule has 1 amide bonds. The number of carbonyl (C=O) groups is 2. The number of ketones is 1. The minimum atomic E-state index is -0.189. The summed E-state index contributed by atoms with van der Waals surface area (Å²) in [6.07, 6.45) is 2.54. The zero-order chi connectivity index (χ0) is 22.2. The van der Waals surface area contributed by atoms with Crippen LogP contribution in [0.2, 0.25) is 0 Å². The van der Waals surface area contributed by atoms with Gasteiger partial charge in [-0.2, -0.15) is 0 Å². The summed E-state index contributed by atoms with van der Waals surface area (Å²) in [5.41, 5.74) is 0.721. The molecule has 0 aliphatic heterocycles. The molecule has 0 saturated heterocycles. The maximum Gasteiger partial charge on any atom is 0.220 e. The Balaban J connectivity index is 2.36. The Morgan fingerprint density at radius 3 is 2.24 bits per heavy atom. The van der Waals surface area contributed by atoms with Gasteiger partial charge in [-0.3, -0.25) is 14.3 Å². The lowest BCUT2D eigenvalue weighted by Crippen LogP contribution is -2.38. The van der Waals surface area contributed by atoms with Crippen LogP contribution in [0.5, 0.6) is 0 Å². The molecule has 1 rings (SSSR count). The Bertz CT molecular complexity index is 663. The molecule has 0 radical (unpaired) electrons. The van der Waals surface area contributed by atoms with Gasteiger partial charge in [0.15, 0.2) is 0 Å². The van der Waals surface area contributed by atoms with E-state index in [9.17, 15) is 9.59 Å². The third kappa shape index (κ3) is 10.0. The zero-order valence-corrected chi connectivity index (χ0v) is 19.5. The number of hydrogen-bond acceptors (Lipinski definition) is 5. The van der Waals surface area contributed by atoms with Crippen LogP contribution in [0.3, 0.4) is 0 Å². The molecule has 0 saturated carbocycles. The van der Waals surface area contributed by atoms with E-state index < -0.39 is 0 Å². The fourth-order valence-corrected chi connectivity index (χ4v) is 2.75. The van der Waals surface area contributed by atoms with Crippen molar-refractivity contribution >= 4 is 11.7 Å². The second kappa shape index (κ2) is 10.9. The summed E-state index contributed by atoms with van der Waals surface area (Å²) in [6.45, 7) is 18.7. The van der Waals surface area contributed by atoms with E-state index in [0.29, 0.717) is 32.1 Å². The first-order valence-electron chi connectivity index (χ1n) is 10.6. The van der Waals surface area contributed by atoms with Crippen LogP contribution in [-0.4, -0.2) is 46.4 Å². The topological polar surface area (TPSA) is 86.1 Å². The molecule has 0 aliphatic carbocycles. The minimum absolute atomic E-state index is 0.0227. The molecule has 1 N–H and O–H groups in total. The van der Waals surface area contributed by atoms with Crippen molar-refractivity contribution in [1.29, 1.82) is 0 Å². The van der Waals surface area contributed by atoms with Gasteiger partial charge in [0.05, 0.1) is 18.9 Å². The second-order valence-electron chi connectivity index (χ2n) is 10.2. The van der Waals surface area contributed by atoms with Crippen molar-refractivity contribution in [2.24, 2.45) is 16.7 Å². The predicted molar refractivity (Wildman–Crippen MR) is 115 cm³/mol. The first kappa shape index (κ1) is 25.3. The van der Waals surface area contributed by atoms with Crippen LogP contribution in [0.4, 0.5) is 0 Å². The van der Waals surface area contributed by atoms with Gasteiger partial charge in [-0.05, 0) is 5.92 Å². The van der Waals surface area contributed by atoms with Crippen molar-refractivity contribution in [3.63, 3.8) is 0 Å². The fourth-order valence-electron chi connectivity index (χ4n) is 2.75. The van der Waals surface area contributed by atoms with Crippen LogP contribution >= 0.6 is 0 Å². The Labute approximate surface area is 176 Å². The monoisotopic (exact) mass is 408 g/mol. The van der Waals surface area contributed by atoms with Crippen LogP contribution in [0.25, 0.3) is 0 Å². The summed E-state index contributed by atoms with van der Waals surface area (Å²) >= 11 is 0. The molecular formula is C22H40N4O3. The Morgan fingerprint density at radius 1 is 1.07 bits per heavy atom. The summed E-state index contributed by atoms with van der Waals surface area (Å²) in [5.74, 6) is 0.380. The van der Waals surface area contributed by atoms with Crippen molar-refractivity contribution in [2.75, 3.05) is 19.8 Å². The third-order valence-electron chi connectivity index (χ3n) is 4.73. The molecule has 7 heteroatoms. The average molecular weight is 409 g/mol. The van der Waals surface area contributed by atoms with Crippen molar-refractivity contribution in [2.45, 2.75) is 80.7 Å². The van der Waals surface area contributed by atoms with Crippen LogP contribution in [0, 0.1) is 16.7 Å². The van der Waals surface area contributed by atoms with Crippen molar-refractivity contribution in [3.8, 4) is 0 Å². The van der Waals surface area contributed by atoms with Crippen molar-refractivity contribution in [3.05, 3.63) is 11.9 Å². The van der Waals surface area contributed by atoms with Crippen LogP contribution < -0.4 is 5.32 Å². The first-order valence-corrected chi connectivity index (χ1v) is 10.6. The molecule has 1 heterocycles. The predicted octanol–water partition coefficient (Wildman–Crippen LogP) is 3.59. The average Bonchev–Trinajstić information content (AvgIpc) is 3.05. The summed E-state index contributed by atoms with van der Waals surface area (Å²) in [7, 11) is 0. The number of amides is 1. The number of nitrogens with zero attached hydrogens (tertiary/aromatic N) is 3. The molecule has 29 heavy (non-hydrogen) atoms. The number of ether oxygens (including phenoxy) is 1. The lowest BCUT2D eigenvalue weighted by Gasteiger charge is -2.29. The molecule has 7 nitrogen and oxygen atoms in total. The molecule has 0 aromatic carbocycles. The van der Waals surface area contributed by atoms with Crippen molar-refractivity contribution < 1.29 is 14.3 Å². The van der Waals surface area contributed by atoms with Crippen LogP contribution in [0.15, 0.2) is 6.20 Å². The first-order chi connectivity index (χ1) is 13.3. The summed E-state index contributed by atoms with van der Waals surface area (Å²) in [5, 5.41) is 11.3. The third-order valence-corrected chi connectivity index (χ3v) is 4.73. The van der Waals surface area contributed by atoms with Crippen molar-refractivity contribution in [1.82, 2.24) is 20.3 Å². The van der Waals surface area contributed by atoms with E-state index >= 15 is 0 Å². The van der Waals surface area contributed by atoms with Gasteiger partial charge < -0.3 is 10.1 Å². The molecule has 0 unspecified atom stereocenters. The van der Waals surface area contributed by atoms with Gasteiger partial charge in [0.25, 0.3) is 0 Å². The highest BCUT2D eigenvalue weighted by Crippen LogP contribution is 2.22. The van der Waals surface area contributed by atoms with Gasteiger partial charge in [-0.15, -0.1) is 5.10 Å². The maximum atomic E-state index is 12.0. The SMILES string of the molecule is CC(C)C(=O)CCC(=O)NCC(C)(C)COCC(C)(C)Cn1cc(C(C)C)nn1. The molecule has 0 aliphatic rings. The summed E-state index contributed by atoms with van der Waals surface area (Å²) < 4.78 is 7.86. The molecule has 0 spiro atoms. The van der Waals surface area contributed by atoms with E-state index in [4.69, 9.17) is 4.74 Å². The van der Waals surface area contributed by atoms with Gasteiger partial charge in [0, 0.05) is 48.9 Å². The van der Waals surface area contributed by atoms with Crippen LogP contribution in [0.1, 0.15) is 79.8 Å². The largest absolute Gasteiger partial charge is 0.380 e. The quantitative estimate of drug-likeness (QED) is 0.539. The maximum absolute atomic E-state index is 12.0. The van der Waals surface area contributed by atoms with E-state index in [1.54, 1.807) is 0 Å². The molecule has 0 fully saturated rings. The van der Waals surface area contributed by atoms with E-state index in [1.165, 1.54) is 0 Å². The number of nitrogens with one attached hydrogen (secondary N) is 1. The Kier molecular flexibility index (Phi) is 9.46. The number of carbonyl (C=O) groups excluding carboxylic acids is 2. The number of rotatable bonds is 13. The number of hydrogen-bond donors (Lipinski definition) is 1. The zero-order valence-electron chi connectivity index (χ0n) is 19.5. The molecule has 1 aromatic rings. The van der Waals surface area contributed by atoms with E-state index in [2.05, 4.69) is 57.2 Å². The standard InChI is InChI=1S/C22H40N4O3/c1-16(2)18-11-26(25-24-18)13-22(7,8)15-29-14-21(5,6)12-23-20(28)10-9-19(27)17(3)4/h11,16-17H,9-10,12-15H2,1-8H3,(H,23,28). The molecule has 1 aromatic heterocycles. The van der Waals surface area contributed by atoms with Gasteiger partial charge in [0.1, 0.15) is 5.78 Å². The van der Waals surface area contributed by atoms with E-state index in [0.717, 1.165) is 12.2 Å². The van der Waals surface area contributed by atoms with Gasteiger partial charge in [0.2, 0.25) is 5.91 Å². The molecule has 166 valence electrons. The second-order valence-corrected chi connectivity index (χ2v) is 10.2. The number of Topliss-reactive ketones (excluding diaryl/α,β-unsaturated/α-hetero) is 1. The summed E-state index contributed by atoms with van der Waals surface area (Å²) in [4.78, 5) is 23.6. The summed E-state index contributed by atoms with van der Waals surface area (Å²) in [6, 6.07) is 0. The normalized spacial score (nSPS) is 12.6. The molecule has 0 bridgehead atoms. The number of aromatic nitrogens is 3. The Morgan fingerprint density at radius 2 is 1.69 bits per heavy atom. The van der Waals surface area contributed by atoms with Gasteiger partial charge >= 0.3 is 0 Å². The molecule has 0 atom stereocenters. The Hall–Kier alpha value is -1.76. The highest BCUT2D eigenvalue weighted by Gasteiger charge is 2.24. The minimum Gasteiger partial charge on any atom is -0.380 e. The fraction of sp³-hybridized carbons (Fsp3) is 0.818. The highest BCUT2D eigenvalue weighted by atomic mass is 16.5. The smallest absolute Gasteiger partial charge is 0.220 e. The highest BCUT2D eigenvalue weighted by molar-refractivity contribution is 5.85. The van der Waals surface area contributed by atoms with E-state index in [-0.39, 0.29) is 34.9 Å². The van der Waals surface area contributed by atoms with Crippen LogP contribution in [-0.2, 0) is 20.9 Å². The van der Waals surface area contributed by atoms with Gasteiger partial charge in [-0.25, -0.2) is 0 Å².